The molecule has 0 spiro atoms. The predicted molar refractivity (Wildman–Crippen MR) is 72.1 cm³/mol. The summed E-state index contributed by atoms with van der Waals surface area (Å²) in [7, 11) is 3.22. The summed E-state index contributed by atoms with van der Waals surface area (Å²) in [5, 5.41) is 10.1. The number of thioether (sulfide) groups is 1. The number of hydrogen-bond donors (Lipinski definition) is 1. The average Bonchev–Trinajstić information content (AvgIpc) is 2.38. The lowest BCUT2D eigenvalue weighted by Gasteiger charge is -2.15. The van der Waals surface area contributed by atoms with E-state index in [0.717, 1.165) is 23.5 Å². The first-order valence-electron chi connectivity index (χ1n) is 5.70. The van der Waals surface area contributed by atoms with Crippen molar-refractivity contribution in [2.75, 3.05) is 25.7 Å². The number of benzene rings is 1. The number of hydrogen-bond acceptors (Lipinski definition) is 4. The third kappa shape index (κ3) is 4.13. The first kappa shape index (κ1) is 14.2. The highest BCUT2D eigenvalue weighted by molar-refractivity contribution is 7.99. The van der Waals surface area contributed by atoms with Crippen LogP contribution in [0, 0.1) is 0 Å². The van der Waals surface area contributed by atoms with Gasteiger partial charge in [0.05, 0.1) is 20.3 Å². The summed E-state index contributed by atoms with van der Waals surface area (Å²) >= 11 is 1.74. The van der Waals surface area contributed by atoms with E-state index in [4.69, 9.17) is 9.47 Å². The molecular weight excluding hydrogens is 236 g/mol. The minimum absolute atomic E-state index is 0.517. The third-order valence-corrected chi connectivity index (χ3v) is 3.67. The molecule has 0 saturated carbocycles. The molecule has 0 bridgehead atoms. The Bertz CT molecular complexity index is 341. The molecule has 4 heteroatoms. The van der Waals surface area contributed by atoms with Gasteiger partial charge in [-0.25, -0.2) is 0 Å². The number of aliphatic hydroxyl groups excluding tert-OH is 1. The fourth-order valence-corrected chi connectivity index (χ4v) is 2.39. The molecule has 0 aliphatic heterocycles. The summed E-state index contributed by atoms with van der Waals surface area (Å²) in [5.74, 6) is 3.18. The number of methoxy groups -OCH3 is 2. The van der Waals surface area contributed by atoms with Crippen LogP contribution in [-0.2, 0) is 0 Å². The molecule has 17 heavy (non-hydrogen) atoms. The molecule has 1 aromatic rings. The van der Waals surface area contributed by atoms with Crippen LogP contribution < -0.4 is 9.47 Å². The van der Waals surface area contributed by atoms with Gasteiger partial charge in [-0.2, -0.15) is 11.8 Å². The maximum Gasteiger partial charge on any atom is 0.124 e. The third-order valence-electron chi connectivity index (χ3n) is 2.42. The van der Waals surface area contributed by atoms with E-state index in [1.807, 2.05) is 18.2 Å². The van der Waals surface area contributed by atoms with Gasteiger partial charge in [0.25, 0.3) is 0 Å². The molecule has 0 saturated heterocycles. The van der Waals surface area contributed by atoms with Gasteiger partial charge in [0.2, 0.25) is 0 Å². The second-order valence-corrected chi connectivity index (χ2v) is 4.85. The molecule has 1 N–H and O–H groups in total. The number of rotatable bonds is 7. The lowest BCUT2D eigenvalue weighted by molar-refractivity contribution is 0.198. The summed E-state index contributed by atoms with van der Waals surface area (Å²) in [6.45, 7) is 2.13. The van der Waals surface area contributed by atoms with E-state index in [9.17, 15) is 5.11 Å². The van der Waals surface area contributed by atoms with Crippen LogP contribution in [0.4, 0.5) is 0 Å². The van der Waals surface area contributed by atoms with E-state index in [0.29, 0.717) is 11.5 Å². The zero-order chi connectivity index (χ0) is 12.7. The summed E-state index contributed by atoms with van der Waals surface area (Å²) in [5.41, 5.74) is 0.787. The summed E-state index contributed by atoms with van der Waals surface area (Å²) in [4.78, 5) is 0. The van der Waals surface area contributed by atoms with Crippen molar-refractivity contribution >= 4 is 11.8 Å². The Morgan fingerprint density at radius 3 is 2.65 bits per heavy atom. The highest BCUT2D eigenvalue weighted by Gasteiger charge is 2.14. The predicted octanol–water partition coefficient (Wildman–Crippen LogP) is 2.88. The van der Waals surface area contributed by atoms with Crippen molar-refractivity contribution in [2.24, 2.45) is 0 Å². The van der Waals surface area contributed by atoms with Crippen LogP contribution in [0.3, 0.4) is 0 Å². The van der Waals surface area contributed by atoms with Crippen LogP contribution >= 0.6 is 11.8 Å². The highest BCUT2D eigenvalue weighted by Crippen LogP contribution is 2.31. The van der Waals surface area contributed by atoms with Crippen LogP contribution in [0.2, 0.25) is 0 Å². The minimum Gasteiger partial charge on any atom is -0.497 e. The molecule has 96 valence electrons. The Labute approximate surface area is 107 Å². The highest BCUT2D eigenvalue weighted by atomic mass is 32.2. The van der Waals surface area contributed by atoms with E-state index in [1.165, 1.54) is 0 Å². The Hall–Kier alpha value is -0.870. The summed E-state index contributed by atoms with van der Waals surface area (Å²) in [6, 6.07) is 5.48. The van der Waals surface area contributed by atoms with Gasteiger partial charge in [-0.15, -0.1) is 0 Å². The Balaban J connectivity index is 2.78. The van der Waals surface area contributed by atoms with Gasteiger partial charge in [-0.1, -0.05) is 6.92 Å². The largest absolute Gasteiger partial charge is 0.497 e. The molecule has 1 atom stereocenters. The molecule has 1 rings (SSSR count). The standard InChI is InChI=1S/C13H20O3S/c1-4-7-17-9-12(14)11-8-10(15-2)5-6-13(11)16-3/h5-6,8,12,14H,4,7,9H2,1-3H3. The first-order valence-corrected chi connectivity index (χ1v) is 6.86. The van der Waals surface area contributed by atoms with Crippen molar-refractivity contribution in [3.8, 4) is 11.5 Å². The fraction of sp³-hybridized carbons (Fsp3) is 0.538. The van der Waals surface area contributed by atoms with Gasteiger partial charge in [0, 0.05) is 11.3 Å². The molecule has 1 aromatic carbocycles. The molecule has 0 fully saturated rings. The molecule has 0 heterocycles. The molecule has 0 radical (unpaired) electrons. The Morgan fingerprint density at radius 1 is 1.29 bits per heavy atom. The van der Waals surface area contributed by atoms with Gasteiger partial charge < -0.3 is 14.6 Å². The van der Waals surface area contributed by atoms with E-state index >= 15 is 0 Å². The number of aliphatic hydroxyl groups is 1. The maximum absolute atomic E-state index is 10.1. The van der Waals surface area contributed by atoms with Crippen molar-refractivity contribution in [1.82, 2.24) is 0 Å². The zero-order valence-corrected chi connectivity index (χ0v) is 11.4. The quantitative estimate of drug-likeness (QED) is 0.761. The van der Waals surface area contributed by atoms with Crippen LogP contribution in [0.1, 0.15) is 25.0 Å². The molecule has 0 aliphatic rings. The summed E-state index contributed by atoms with van der Waals surface area (Å²) in [6.07, 6.45) is 0.601. The lowest BCUT2D eigenvalue weighted by atomic mass is 10.1. The lowest BCUT2D eigenvalue weighted by Crippen LogP contribution is -2.04. The smallest absolute Gasteiger partial charge is 0.124 e. The van der Waals surface area contributed by atoms with E-state index in [1.54, 1.807) is 26.0 Å². The van der Waals surface area contributed by atoms with Crippen molar-refractivity contribution in [3.63, 3.8) is 0 Å². The molecule has 3 nitrogen and oxygen atoms in total. The van der Waals surface area contributed by atoms with Gasteiger partial charge in [-0.05, 0) is 30.4 Å². The maximum atomic E-state index is 10.1. The molecule has 0 amide bonds. The van der Waals surface area contributed by atoms with E-state index in [-0.39, 0.29) is 0 Å². The van der Waals surface area contributed by atoms with E-state index in [2.05, 4.69) is 6.92 Å². The van der Waals surface area contributed by atoms with Crippen molar-refractivity contribution in [1.29, 1.82) is 0 Å². The Morgan fingerprint density at radius 2 is 2.06 bits per heavy atom. The second-order valence-electron chi connectivity index (χ2n) is 3.70. The fourth-order valence-electron chi connectivity index (χ4n) is 1.53. The molecule has 1 unspecified atom stereocenters. The van der Waals surface area contributed by atoms with Gasteiger partial charge in [0.15, 0.2) is 0 Å². The van der Waals surface area contributed by atoms with Gasteiger partial charge in [0.1, 0.15) is 11.5 Å². The number of ether oxygens (including phenoxy) is 2. The SMILES string of the molecule is CCCSCC(O)c1cc(OC)ccc1OC. The van der Waals surface area contributed by atoms with Gasteiger partial charge in [-0.3, -0.25) is 0 Å². The second kappa shape index (κ2) is 7.45. The van der Waals surface area contributed by atoms with Crippen molar-refractivity contribution in [3.05, 3.63) is 23.8 Å². The molecule has 0 aromatic heterocycles. The summed E-state index contributed by atoms with van der Waals surface area (Å²) < 4.78 is 10.4. The average molecular weight is 256 g/mol. The monoisotopic (exact) mass is 256 g/mol. The minimum atomic E-state index is -0.517. The van der Waals surface area contributed by atoms with E-state index < -0.39 is 6.10 Å². The zero-order valence-electron chi connectivity index (χ0n) is 10.6. The van der Waals surface area contributed by atoms with Crippen molar-refractivity contribution in [2.45, 2.75) is 19.4 Å². The topological polar surface area (TPSA) is 38.7 Å². The van der Waals surface area contributed by atoms with Crippen LogP contribution in [0.15, 0.2) is 18.2 Å². The Kier molecular flexibility index (Phi) is 6.22. The van der Waals surface area contributed by atoms with Crippen LogP contribution in [-0.4, -0.2) is 30.8 Å². The molecular formula is C13H20O3S. The molecule has 0 aliphatic carbocycles. The van der Waals surface area contributed by atoms with Gasteiger partial charge >= 0.3 is 0 Å². The van der Waals surface area contributed by atoms with Crippen LogP contribution in [0.5, 0.6) is 11.5 Å². The normalized spacial score (nSPS) is 12.2. The van der Waals surface area contributed by atoms with Crippen LogP contribution in [0.25, 0.3) is 0 Å². The van der Waals surface area contributed by atoms with Crippen molar-refractivity contribution < 1.29 is 14.6 Å². The first-order chi connectivity index (χ1) is 8.22.